The molecule has 0 radical (unpaired) electrons. The molecule has 1 aromatic carbocycles. The maximum absolute atomic E-state index is 11.8. The SMILES string of the molecule is CC1(c2ccccc2)CC(NC(=O)CCCCC(=O)O)C1. The lowest BCUT2D eigenvalue weighted by molar-refractivity contribution is -0.137. The van der Waals surface area contributed by atoms with Crippen LogP contribution in [0.5, 0.6) is 0 Å². The van der Waals surface area contributed by atoms with Gasteiger partial charge in [0.05, 0.1) is 0 Å². The summed E-state index contributed by atoms with van der Waals surface area (Å²) in [6, 6.07) is 10.7. The Morgan fingerprint density at radius 3 is 2.43 bits per heavy atom. The minimum absolute atomic E-state index is 0.0421. The van der Waals surface area contributed by atoms with Gasteiger partial charge in [0.1, 0.15) is 0 Å². The van der Waals surface area contributed by atoms with E-state index in [2.05, 4.69) is 36.5 Å². The Hall–Kier alpha value is -1.84. The molecular weight excluding hydrogens is 266 g/mol. The molecule has 4 nitrogen and oxygen atoms in total. The van der Waals surface area contributed by atoms with Crippen molar-refractivity contribution in [3.63, 3.8) is 0 Å². The third kappa shape index (κ3) is 4.31. The molecule has 4 heteroatoms. The minimum atomic E-state index is -0.798. The minimum Gasteiger partial charge on any atom is -0.481 e. The molecule has 0 spiro atoms. The monoisotopic (exact) mass is 289 g/mol. The van der Waals surface area contributed by atoms with Crippen molar-refractivity contribution in [1.82, 2.24) is 5.32 Å². The van der Waals surface area contributed by atoms with Crippen molar-refractivity contribution in [2.45, 2.75) is 56.9 Å². The van der Waals surface area contributed by atoms with Crippen LogP contribution in [-0.2, 0) is 15.0 Å². The number of carboxylic acid groups (broad SMARTS) is 1. The van der Waals surface area contributed by atoms with Crippen molar-refractivity contribution >= 4 is 11.9 Å². The molecule has 0 aromatic heterocycles. The lowest BCUT2D eigenvalue weighted by Gasteiger charge is -2.46. The summed E-state index contributed by atoms with van der Waals surface area (Å²) < 4.78 is 0. The second-order valence-electron chi connectivity index (χ2n) is 6.20. The van der Waals surface area contributed by atoms with Crippen molar-refractivity contribution in [3.8, 4) is 0 Å². The van der Waals surface area contributed by atoms with Gasteiger partial charge in [-0.15, -0.1) is 0 Å². The summed E-state index contributed by atoms with van der Waals surface area (Å²) in [7, 11) is 0. The zero-order valence-corrected chi connectivity index (χ0v) is 12.5. The third-order valence-corrected chi connectivity index (χ3v) is 4.27. The number of hydrogen-bond acceptors (Lipinski definition) is 2. The molecule has 114 valence electrons. The summed E-state index contributed by atoms with van der Waals surface area (Å²) in [6.45, 7) is 2.23. The molecule has 1 aliphatic carbocycles. The summed E-state index contributed by atoms with van der Waals surface area (Å²) in [4.78, 5) is 22.2. The zero-order chi connectivity index (χ0) is 15.3. The van der Waals surface area contributed by atoms with Gasteiger partial charge in [-0.2, -0.15) is 0 Å². The predicted octanol–water partition coefficient (Wildman–Crippen LogP) is 2.87. The molecular formula is C17H23NO3. The summed E-state index contributed by atoms with van der Waals surface area (Å²) in [5.74, 6) is -0.756. The number of hydrogen-bond donors (Lipinski definition) is 2. The molecule has 21 heavy (non-hydrogen) atoms. The van der Waals surface area contributed by atoms with Gasteiger partial charge in [0, 0.05) is 18.9 Å². The smallest absolute Gasteiger partial charge is 0.303 e. The molecule has 1 aliphatic rings. The largest absolute Gasteiger partial charge is 0.481 e. The van der Waals surface area contributed by atoms with E-state index in [9.17, 15) is 9.59 Å². The zero-order valence-electron chi connectivity index (χ0n) is 12.5. The lowest BCUT2D eigenvalue weighted by atomic mass is 9.63. The van der Waals surface area contributed by atoms with E-state index >= 15 is 0 Å². The normalized spacial score (nSPS) is 24.1. The van der Waals surface area contributed by atoms with Crippen molar-refractivity contribution in [2.24, 2.45) is 0 Å². The molecule has 1 fully saturated rings. The van der Waals surface area contributed by atoms with E-state index < -0.39 is 5.97 Å². The molecule has 0 unspecified atom stereocenters. The maximum Gasteiger partial charge on any atom is 0.303 e. The van der Waals surface area contributed by atoms with E-state index in [0.717, 1.165) is 12.8 Å². The van der Waals surface area contributed by atoms with Crippen molar-refractivity contribution in [2.75, 3.05) is 0 Å². The van der Waals surface area contributed by atoms with Crippen LogP contribution in [0, 0.1) is 0 Å². The molecule has 1 saturated carbocycles. The Labute approximate surface area is 125 Å². The first-order chi connectivity index (χ1) is 9.99. The van der Waals surface area contributed by atoms with Crippen LogP contribution in [0.2, 0.25) is 0 Å². The number of benzene rings is 1. The fourth-order valence-electron chi connectivity index (χ4n) is 3.07. The van der Waals surface area contributed by atoms with E-state index in [4.69, 9.17) is 5.11 Å². The van der Waals surface area contributed by atoms with E-state index in [1.54, 1.807) is 0 Å². The van der Waals surface area contributed by atoms with Gasteiger partial charge in [-0.3, -0.25) is 9.59 Å². The first-order valence-corrected chi connectivity index (χ1v) is 7.56. The first kappa shape index (κ1) is 15.5. The van der Waals surface area contributed by atoms with Crippen LogP contribution >= 0.6 is 0 Å². The Kier molecular flexibility index (Phi) is 4.99. The molecule has 0 saturated heterocycles. The van der Waals surface area contributed by atoms with Gasteiger partial charge in [0.15, 0.2) is 0 Å². The molecule has 0 aliphatic heterocycles. The average Bonchev–Trinajstić information content (AvgIpc) is 2.42. The second kappa shape index (κ2) is 6.74. The Morgan fingerprint density at radius 1 is 1.19 bits per heavy atom. The van der Waals surface area contributed by atoms with Gasteiger partial charge in [-0.1, -0.05) is 37.3 Å². The first-order valence-electron chi connectivity index (χ1n) is 7.56. The Balaban J connectivity index is 1.68. The lowest BCUT2D eigenvalue weighted by Crippen LogP contribution is -2.51. The summed E-state index contributed by atoms with van der Waals surface area (Å²) in [5.41, 5.74) is 1.50. The highest BCUT2D eigenvalue weighted by Crippen LogP contribution is 2.43. The van der Waals surface area contributed by atoms with Crippen molar-refractivity contribution in [1.29, 1.82) is 0 Å². The van der Waals surface area contributed by atoms with E-state index in [0.29, 0.717) is 19.3 Å². The predicted molar refractivity (Wildman–Crippen MR) is 81.1 cm³/mol. The van der Waals surface area contributed by atoms with E-state index in [-0.39, 0.29) is 23.8 Å². The topological polar surface area (TPSA) is 66.4 Å². The van der Waals surface area contributed by atoms with Gasteiger partial charge < -0.3 is 10.4 Å². The van der Waals surface area contributed by atoms with Gasteiger partial charge in [0.2, 0.25) is 5.91 Å². The van der Waals surface area contributed by atoms with Gasteiger partial charge in [-0.25, -0.2) is 0 Å². The van der Waals surface area contributed by atoms with E-state index in [1.807, 2.05) is 6.07 Å². The van der Waals surface area contributed by atoms with Gasteiger partial charge in [0.25, 0.3) is 0 Å². The second-order valence-corrected chi connectivity index (χ2v) is 6.20. The number of carbonyl (C=O) groups excluding carboxylic acids is 1. The Bertz CT molecular complexity index is 492. The highest BCUT2D eigenvalue weighted by Gasteiger charge is 2.41. The van der Waals surface area contributed by atoms with Crippen LogP contribution < -0.4 is 5.32 Å². The highest BCUT2D eigenvalue weighted by molar-refractivity contribution is 5.76. The van der Waals surface area contributed by atoms with Crippen LogP contribution in [0.1, 0.15) is 51.0 Å². The van der Waals surface area contributed by atoms with Crippen molar-refractivity contribution < 1.29 is 14.7 Å². The van der Waals surface area contributed by atoms with Crippen molar-refractivity contribution in [3.05, 3.63) is 35.9 Å². The number of carbonyl (C=O) groups is 2. The summed E-state index contributed by atoms with van der Waals surface area (Å²) in [5, 5.41) is 11.6. The number of amides is 1. The summed E-state index contributed by atoms with van der Waals surface area (Å²) in [6.07, 6.45) is 3.71. The Morgan fingerprint density at radius 2 is 1.81 bits per heavy atom. The average molecular weight is 289 g/mol. The van der Waals surface area contributed by atoms with Crippen LogP contribution in [0.4, 0.5) is 0 Å². The van der Waals surface area contributed by atoms with Crippen LogP contribution in [0.3, 0.4) is 0 Å². The quantitative estimate of drug-likeness (QED) is 0.758. The number of rotatable bonds is 7. The van der Waals surface area contributed by atoms with E-state index in [1.165, 1.54) is 5.56 Å². The van der Waals surface area contributed by atoms with Crippen LogP contribution in [0.15, 0.2) is 30.3 Å². The summed E-state index contributed by atoms with van der Waals surface area (Å²) >= 11 is 0. The standard InChI is InChI=1S/C17H23NO3/c1-17(13-7-3-2-4-8-13)11-14(12-17)18-15(19)9-5-6-10-16(20)21/h2-4,7-8,14H,5-6,9-12H2,1H3,(H,18,19)(H,20,21). The number of nitrogens with one attached hydrogen (secondary N) is 1. The number of carboxylic acids is 1. The molecule has 1 aromatic rings. The third-order valence-electron chi connectivity index (χ3n) is 4.27. The molecule has 1 amide bonds. The molecule has 0 bridgehead atoms. The number of unbranched alkanes of at least 4 members (excludes halogenated alkanes) is 1. The fourth-order valence-corrected chi connectivity index (χ4v) is 3.07. The van der Waals surface area contributed by atoms with Crippen LogP contribution in [-0.4, -0.2) is 23.0 Å². The van der Waals surface area contributed by atoms with Gasteiger partial charge >= 0.3 is 5.97 Å². The molecule has 2 N–H and O–H groups in total. The molecule has 2 rings (SSSR count). The van der Waals surface area contributed by atoms with Gasteiger partial charge in [-0.05, 0) is 36.7 Å². The van der Waals surface area contributed by atoms with Crippen LogP contribution in [0.25, 0.3) is 0 Å². The molecule has 0 atom stereocenters. The molecule has 0 heterocycles. The fraction of sp³-hybridized carbons (Fsp3) is 0.529. The maximum atomic E-state index is 11.8. The highest BCUT2D eigenvalue weighted by atomic mass is 16.4. The number of aliphatic carboxylic acids is 1.